The number of aromatic nitrogens is 1. The fraction of sp³-hybridized carbons (Fsp3) is 0.222. The summed E-state index contributed by atoms with van der Waals surface area (Å²) in [5, 5.41) is 0. The van der Waals surface area contributed by atoms with Crippen LogP contribution in [0.5, 0.6) is 0 Å². The van der Waals surface area contributed by atoms with E-state index in [1.165, 1.54) is 38.0 Å². The average Bonchev–Trinajstić information content (AvgIpc) is 2.60. The molecule has 26 heavy (non-hydrogen) atoms. The van der Waals surface area contributed by atoms with E-state index in [1.54, 1.807) is 24.3 Å². The molecule has 0 radical (unpaired) electrons. The first kappa shape index (κ1) is 17.4. The number of nitrogen functional groups attached to an aromatic ring is 1. The molecule has 0 saturated carbocycles. The normalized spacial score (nSPS) is 10.9. The van der Waals surface area contributed by atoms with Gasteiger partial charge in [0.2, 0.25) is 5.43 Å². The highest BCUT2D eigenvalue weighted by Gasteiger charge is 2.33. The largest absolute Gasteiger partial charge is 0.452 e. The molecule has 1 aromatic carbocycles. The first-order chi connectivity index (χ1) is 12.2. The molecular formula is C18H18N4O4. The number of para-hydroxylation sites is 2. The van der Waals surface area contributed by atoms with Crippen molar-refractivity contribution < 1.29 is 14.0 Å². The van der Waals surface area contributed by atoms with Crippen LogP contribution in [0.15, 0.2) is 33.5 Å². The molecule has 8 nitrogen and oxygen atoms in total. The number of nitrogens with two attached hydrogens (primary N) is 1. The van der Waals surface area contributed by atoms with Crippen LogP contribution in [0.1, 0.15) is 20.7 Å². The minimum atomic E-state index is -0.748. The molecule has 0 spiro atoms. The standard InChI is InChI=1S/C18H18N4O4/c1-21(2)17(24)11-13(19)15(23)12(18(25)22(3)4)16-14(11)20-9-7-5-6-8-10(9)26-16/h5-8H,19H2,1-4H3. The van der Waals surface area contributed by atoms with Crippen LogP contribution in [0.3, 0.4) is 0 Å². The molecule has 1 aliphatic carbocycles. The average molecular weight is 354 g/mol. The lowest BCUT2D eigenvalue weighted by atomic mass is 9.98. The summed E-state index contributed by atoms with van der Waals surface area (Å²) >= 11 is 0. The van der Waals surface area contributed by atoms with Gasteiger partial charge in [0, 0.05) is 28.2 Å². The van der Waals surface area contributed by atoms with Crippen molar-refractivity contribution in [2.24, 2.45) is 0 Å². The summed E-state index contributed by atoms with van der Waals surface area (Å²) in [5.41, 5.74) is 5.54. The summed E-state index contributed by atoms with van der Waals surface area (Å²) in [5.74, 6) is -1.12. The second kappa shape index (κ2) is 6.14. The summed E-state index contributed by atoms with van der Waals surface area (Å²) in [7, 11) is 6.10. The Morgan fingerprint density at radius 2 is 1.58 bits per heavy atom. The first-order valence-electron chi connectivity index (χ1n) is 7.82. The van der Waals surface area contributed by atoms with Gasteiger partial charge in [0.15, 0.2) is 11.3 Å². The van der Waals surface area contributed by atoms with Crippen molar-refractivity contribution in [1.82, 2.24) is 14.8 Å². The Labute approximate surface area is 149 Å². The van der Waals surface area contributed by atoms with E-state index < -0.39 is 17.2 Å². The van der Waals surface area contributed by atoms with Gasteiger partial charge in [-0.05, 0) is 12.1 Å². The van der Waals surface area contributed by atoms with Crippen molar-refractivity contribution in [2.75, 3.05) is 33.9 Å². The van der Waals surface area contributed by atoms with Gasteiger partial charge in [-0.3, -0.25) is 14.4 Å². The summed E-state index contributed by atoms with van der Waals surface area (Å²) < 4.78 is 5.82. The smallest absolute Gasteiger partial charge is 0.261 e. The molecule has 1 aromatic rings. The van der Waals surface area contributed by atoms with E-state index in [0.29, 0.717) is 11.1 Å². The SMILES string of the molecule is CN(C)C(=O)c1c2nc3ccccc3oc-2c(C(=O)N(C)C)c(=O)c1N. The number of carbonyl (C=O) groups excluding carboxylic acids is 2. The summed E-state index contributed by atoms with van der Waals surface area (Å²) in [6.07, 6.45) is 0. The molecule has 2 N–H and O–H groups in total. The van der Waals surface area contributed by atoms with Gasteiger partial charge < -0.3 is 20.0 Å². The number of benzene rings is 2. The molecule has 0 fully saturated rings. The van der Waals surface area contributed by atoms with Crippen molar-refractivity contribution in [2.45, 2.75) is 0 Å². The Morgan fingerprint density at radius 1 is 1.00 bits per heavy atom. The van der Waals surface area contributed by atoms with E-state index in [0.717, 1.165) is 0 Å². The Bertz CT molecular complexity index is 1070. The molecule has 3 rings (SSSR count). The van der Waals surface area contributed by atoms with Gasteiger partial charge in [0.1, 0.15) is 16.8 Å². The number of anilines is 1. The van der Waals surface area contributed by atoms with E-state index in [-0.39, 0.29) is 28.3 Å². The van der Waals surface area contributed by atoms with Crippen LogP contribution in [0.25, 0.3) is 22.6 Å². The second-order valence-electron chi connectivity index (χ2n) is 6.25. The van der Waals surface area contributed by atoms with Gasteiger partial charge in [0.05, 0.1) is 11.3 Å². The molecule has 0 aromatic heterocycles. The molecule has 0 bridgehead atoms. The third-order valence-corrected chi connectivity index (χ3v) is 3.97. The number of carbonyl (C=O) groups is 2. The zero-order valence-electron chi connectivity index (χ0n) is 14.9. The topological polar surface area (TPSA) is 110 Å². The quantitative estimate of drug-likeness (QED) is 0.548. The van der Waals surface area contributed by atoms with Crippen LogP contribution in [-0.2, 0) is 0 Å². The van der Waals surface area contributed by atoms with Gasteiger partial charge in [-0.25, -0.2) is 4.98 Å². The summed E-state index contributed by atoms with van der Waals surface area (Å²) in [4.78, 5) is 44.9. The maximum Gasteiger partial charge on any atom is 0.261 e. The molecule has 1 heterocycles. The number of hydrogen-bond acceptors (Lipinski definition) is 6. The third-order valence-electron chi connectivity index (χ3n) is 3.97. The molecule has 1 aliphatic heterocycles. The van der Waals surface area contributed by atoms with Gasteiger partial charge in [-0.15, -0.1) is 0 Å². The van der Waals surface area contributed by atoms with Crippen LogP contribution in [-0.4, -0.2) is 54.8 Å². The van der Waals surface area contributed by atoms with E-state index in [2.05, 4.69) is 4.98 Å². The van der Waals surface area contributed by atoms with Crippen LogP contribution in [0.4, 0.5) is 5.69 Å². The lowest BCUT2D eigenvalue weighted by Crippen LogP contribution is -2.33. The highest BCUT2D eigenvalue weighted by Crippen LogP contribution is 2.33. The van der Waals surface area contributed by atoms with Gasteiger partial charge in [-0.2, -0.15) is 0 Å². The number of fused-ring (bicyclic) bond motifs is 2. The molecule has 0 unspecified atom stereocenters. The Balaban J connectivity index is 2.54. The summed E-state index contributed by atoms with van der Waals surface area (Å²) in [6, 6.07) is 6.88. The molecule has 2 aliphatic rings. The van der Waals surface area contributed by atoms with E-state index in [9.17, 15) is 14.4 Å². The van der Waals surface area contributed by atoms with E-state index in [4.69, 9.17) is 10.2 Å². The Hall–Kier alpha value is -3.42. The van der Waals surface area contributed by atoms with Crippen molar-refractivity contribution in [3.8, 4) is 11.5 Å². The molecule has 8 heteroatoms. The van der Waals surface area contributed by atoms with E-state index >= 15 is 0 Å². The summed E-state index contributed by atoms with van der Waals surface area (Å²) in [6.45, 7) is 0. The van der Waals surface area contributed by atoms with Crippen LogP contribution < -0.4 is 11.2 Å². The minimum Gasteiger partial charge on any atom is -0.452 e. The first-order valence-corrected chi connectivity index (χ1v) is 7.82. The predicted molar refractivity (Wildman–Crippen MR) is 97.3 cm³/mol. The van der Waals surface area contributed by atoms with E-state index in [1.807, 2.05) is 0 Å². The van der Waals surface area contributed by atoms with Crippen molar-refractivity contribution in [3.63, 3.8) is 0 Å². The Morgan fingerprint density at radius 3 is 2.19 bits per heavy atom. The Kier molecular flexibility index (Phi) is 4.11. The highest BCUT2D eigenvalue weighted by atomic mass is 16.3. The fourth-order valence-corrected chi connectivity index (χ4v) is 2.64. The number of rotatable bonds is 2. The van der Waals surface area contributed by atoms with Crippen LogP contribution in [0.2, 0.25) is 0 Å². The molecule has 0 atom stereocenters. The van der Waals surface area contributed by atoms with Gasteiger partial charge >= 0.3 is 0 Å². The third kappa shape index (κ3) is 2.55. The molecule has 2 amide bonds. The van der Waals surface area contributed by atoms with Crippen LogP contribution in [0, 0.1) is 0 Å². The maximum absolute atomic E-state index is 12.8. The maximum atomic E-state index is 12.8. The predicted octanol–water partition coefficient (Wildman–Crippen LogP) is 1.28. The molecular weight excluding hydrogens is 336 g/mol. The fourth-order valence-electron chi connectivity index (χ4n) is 2.64. The van der Waals surface area contributed by atoms with Gasteiger partial charge in [0.25, 0.3) is 11.8 Å². The van der Waals surface area contributed by atoms with Gasteiger partial charge in [-0.1, -0.05) is 12.1 Å². The minimum absolute atomic E-state index is 0.0493. The second-order valence-corrected chi connectivity index (χ2v) is 6.25. The van der Waals surface area contributed by atoms with Crippen molar-refractivity contribution in [3.05, 3.63) is 45.6 Å². The lowest BCUT2D eigenvalue weighted by molar-refractivity contribution is 0.0814. The zero-order chi connectivity index (χ0) is 19.2. The molecule has 0 saturated heterocycles. The lowest BCUT2D eigenvalue weighted by Gasteiger charge is -2.19. The van der Waals surface area contributed by atoms with Crippen molar-refractivity contribution in [1.29, 1.82) is 0 Å². The highest BCUT2D eigenvalue weighted by molar-refractivity contribution is 6.10. The molecule has 134 valence electrons. The zero-order valence-corrected chi connectivity index (χ0v) is 14.9. The monoisotopic (exact) mass is 354 g/mol. The van der Waals surface area contributed by atoms with Crippen LogP contribution >= 0.6 is 0 Å². The number of nitrogens with zero attached hydrogens (tertiary/aromatic N) is 3. The number of amides is 2. The number of hydrogen-bond donors (Lipinski definition) is 1. The van der Waals surface area contributed by atoms with Crippen molar-refractivity contribution >= 4 is 28.6 Å².